The molecule has 8 nitrogen and oxygen atoms in total. The van der Waals surface area contributed by atoms with Gasteiger partial charge in [-0.3, -0.25) is 4.55 Å². The minimum Gasteiger partial charge on any atom is -0.506 e. The first-order chi connectivity index (χ1) is 12.6. The fourth-order valence-corrected chi connectivity index (χ4v) is 3.45. The van der Waals surface area contributed by atoms with Gasteiger partial charge in [0.05, 0.1) is 15.5 Å². The Kier molecular flexibility index (Phi) is 4.74. The molecule has 0 saturated carbocycles. The standard InChI is InChI=1S/C17H14N2O6S2/c1-26(21,22)14-7-8-15-11(10-14)2-9-16(20)17(15)19-18-12-3-5-13(6-4-12)27(23,24)25/h2-10,20H,1H2,(H,21,22)(H,23,24,25)/b19-18+. The fraction of sp³-hybridized carbons (Fsp3) is 0. The molecule has 1 atom stereocenters. The molecule has 3 aromatic rings. The number of nitrogens with zero attached hydrogens (tertiary/aromatic N) is 2. The first-order valence-corrected chi connectivity index (χ1v) is 10.5. The number of fused-ring (bicyclic) bond motifs is 1. The number of phenolic OH excluding ortho intramolecular Hbond substituents is 1. The Labute approximate surface area is 155 Å². The summed E-state index contributed by atoms with van der Waals surface area (Å²) >= 11 is 0. The van der Waals surface area contributed by atoms with Crippen LogP contribution in [-0.4, -0.2) is 32.7 Å². The Morgan fingerprint density at radius 3 is 2.04 bits per heavy atom. The van der Waals surface area contributed by atoms with Gasteiger partial charge in [0.1, 0.15) is 21.2 Å². The van der Waals surface area contributed by atoms with E-state index in [9.17, 15) is 22.3 Å². The summed E-state index contributed by atoms with van der Waals surface area (Å²) in [5.74, 6) is 3.07. The third-order valence-corrected chi connectivity index (χ3v) is 5.57. The molecule has 1 unspecified atom stereocenters. The van der Waals surface area contributed by atoms with E-state index < -0.39 is 19.9 Å². The van der Waals surface area contributed by atoms with Crippen LogP contribution in [0.4, 0.5) is 11.4 Å². The van der Waals surface area contributed by atoms with Gasteiger partial charge in [-0.1, -0.05) is 12.1 Å². The van der Waals surface area contributed by atoms with Crippen LogP contribution < -0.4 is 0 Å². The van der Waals surface area contributed by atoms with Crippen molar-refractivity contribution in [2.75, 3.05) is 0 Å². The first kappa shape index (κ1) is 19.0. The quantitative estimate of drug-likeness (QED) is 0.343. The highest BCUT2D eigenvalue weighted by Gasteiger charge is 2.11. The maximum atomic E-state index is 11.7. The lowest BCUT2D eigenvalue weighted by molar-refractivity contribution is 0.477. The van der Waals surface area contributed by atoms with Crippen molar-refractivity contribution in [2.24, 2.45) is 10.2 Å². The Morgan fingerprint density at radius 2 is 1.44 bits per heavy atom. The van der Waals surface area contributed by atoms with E-state index >= 15 is 0 Å². The number of phenols is 1. The molecule has 0 aromatic heterocycles. The zero-order valence-electron chi connectivity index (χ0n) is 13.7. The molecule has 0 aliphatic heterocycles. The molecule has 0 fully saturated rings. The summed E-state index contributed by atoms with van der Waals surface area (Å²) in [5.41, 5.74) is 0.443. The third-order valence-electron chi connectivity index (χ3n) is 3.71. The summed E-state index contributed by atoms with van der Waals surface area (Å²) in [4.78, 5) is -0.132. The molecule has 140 valence electrons. The highest BCUT2D eigenvalue weighted by atomic mass is 32.2. The van der Waals surface area contributed by atoms with Crippen LogP contribution in [0.15, 0.2) is 74.6 Å². The largest absolute Gasteiger partial charge is 0.506 e. The second-order valence-corrected chi connectivity index (χ2v) is 8.80. The van der Waals surface area contributed by atoms with E-state index in [1.165, 1.54) is 48.5 Å². The maximum absolute atomic E-state index is 11.7. The topological polar surface area (TPSA) is 137 Å². The molecule has 0 spiro atoms. The van der Waals surface area contributed by atoms with Crippen LogP contribution in [0.1, 0.15) is 0 Å². The summed E-state index contributed by atoms with van der Waals surface area (Å²) in [5, 5.41) is 19.1. The number of hydrogen-bond acceptors (Lipinski definition) is 6. The number of azo groups is 1. The van der Waals surface area contributed by atoms with Gasteiger partial charge in [-0.05, 0) is 53.7 Å². The molecule has 10 heteroatoms. The van der Waals surface area contributed by atoms with Crippen molar-refractivity contribution in [1.82, 2.24) is 0 Å². The van der Waals surface area contributed by atoms with E-state index in [2.05, 4.69) is 16.1 Å². The van der Waals surface area contributed by atoms with E-state index in [0.717, 1.165) is 0 Å². The van der Waals surface area contributed by atoms with Crippen molar-refractivity contribution >= 4 is 47.9 Å². The zero-order chi connectivity index (χ0) is 19.8. The Bertz CT molecular complexity index is 1260. The van der Waals surface area contributed by atoms with Gasteiger partial charge in [0.25, 0.3) is 10.1 Å². The first-order valence-electron chi connectivity index (χ1n) is 7.40. The summed E-state index contributed by atoms with van der Waals surface area (Å²) in [6.07, 6.45) is 0. The zero-order valence-corrected chi connectivity index (χ0v) is 15.3. The van der Waals surface area contributed by atoms with Gasteiger partial charge in [-0.15, -0.1) is 5.11 Å². The summed E-state index contributed by atoms with van der Waals surface area (Å²) < 4.78 is 52.3. The average molecular weight is 406 g/mol. The lowest BCUT2D eigenvalue weighted by atomic mass is 10.1. The van der Waals surface area contributed by atoms with Crippen LogP contribution in [0, 0.1) is 0 Å². The smallest absolute Gasteiger partial charge is 0.294 e. The number of aromatic hydroxyl groups is 1. The predicted octanol–water partition coefficient (Wildman–Crippen LogP) is 3.76. The molecule has 0 radical (unpaired) electrons. The third kappa shape index (κ3) is 4.14. The Hall–Kier alpha value is -2.79. The fourth-order valence-electron chi connectivity index (χ4n) is 2.38. The van der Waals surface area contributed by atoms with E-state index in [-0.39, 0.29) is 21.2 Å². The summed E-state index contributed by atoms with van der Waals surface area (Å²) in [6.45, 7) is 0. The molecule has 27 heavy (non-hydrogen) atoms. The van der Waals surface area contributed by atoms with E-state index in [4.69, 9.17) is 4.55 Å². The Balaban J connectivity index is 2.03. The number of hydrogen-bond donors (Lipinski definition) is 3. The highest BCUT2D eigenvalue weighted by molar-refractivity contribution is 7.95. The van der Waals surface area contributed by atoms with Crippen LogP contribution in [0.5, 0.6) is 5.75 Å². The SMILES string of the molecule is C=S(=O)(O)c1ccc2c(/N=N/c3ccc(S(=O)(=O)O)cc3)c(O)ccc2c1. The molecule has 3 rings (SSSR count). The molecule has 0 heterocycles. The van der Waals surface area contributed by atoms with Crippen LogP contribution in [0.2, 0.25) is 0 Å². The van der Waals surface area contributed by atoms with Crippen molar-refractivity contribution in [3.63, 3.8) is 0 Å². The van der Waals surface area contributed by atoms with Crippen LogP contribution in [0.3, 0.4) is 0 Å². The average Bonchev–Trinajstić information content (AvgIpc) is 2.59. The lowest BCUT2D eigenvalue weighted by Crippen LogP contribution is -1.97. The maximum Gasteiger partial charge on any atom is 0.294 e. The number of benzene rings is 3. The van der Waals surface area contributed by atoms with Crippen molar-refractivity contribution in [3.8, 4) is 5.75 Å². The van der Waals surface area contributed by atoms with Crippen molar-refractivity contribution in [3.05, 3.63) is 54.6 Å². The van der Waals surface area contributed by atoms with Gasteiger partial charge >= 0.3 is 0 Å². The molecule has 0 saturated heterocycles. The molecule has 0 amide bonds. The summed E-state index contributed by atoms with van der Waals surface area (Å²) in [6, 6.07) is 12.4. The van der Waals surface area contributed by atoms with Crippen molar-refractivity contribution < 1.29 is 26.8 Å². The summed E-state index contributed by atoms with van der Waals surface area (Å²) in [7, 11) is -7.67. The molecule has 0 aliphatic carbocycles. The normalized spacial score (nSPS) is 14.4. The molecule has 0 aliphatic rings. The van der Waals surface area contributed by atoms with Gasteiger partial charge in [-0.2, -0.15) is 13.5 Å². The van der Waals surface area contributed by atoms with Gasteiger partial charge < -0.3 is 9.66 Å². The van der Waals surface area contributed by atoms with Crippen molar-refractivity contribution in [2.45, 2.75) is 9.79 Å². The van der Waals surface area contributed by atoms with Gasteiger partial charge in [0, 0.05) is 5.39 Å². The Morgan fingerprint density at radius 1 is 0.815 bits per heavy atom. The predicted molar refractivity (Wildman–Crippen MR) is 102 cm³/mol. The molecular formula is C17H14N2O6S2. The second kappa shape index (κ2) is 6.74. The van der Waals surface area contributed by atoms with Crippen LogP contribution in [0.25, 0.3) is 10.8 Å². The van der Waals surface area contributed by atoms with Gasteiger partial charge in [-0.25, -0.2) is 4.21 Å². The highest BCUT2D eigenvalue weighted by Crippen LogP contribution is 2.37. The van der Waals surface area contributed by atoms with Gasteiger partial charge in [0.2, 0.25) is 0 Å². The minimum absolute atomic E-state index is 0.143. The molecular weight excluding hydrogens is 392 g/mol. The van der Waals surface area contributed by atoms with E-state index in [1.54, 1.807) is 6.07 Å². The van der Waals surface area contributed by atoms with Crippen LogP contribution >= 0.6 is 0 Å². The van der Waals surface area contributed by atoms with E-state index in [1.807, 2.05) is 0 Å². The molecule has 3 N–H and O–H groups in total. The van der Waals surface area contributed by atoms with Crippen LogP contribution in [-0.2, 0) is 19.9 Å². The number of rotatable bonds is 4. The van der Waals surface area contributed by atoms with Crippen molar-refractivity contribution in [1.29, 1.82) is 0 Å². The lowest BCUT2D eigenvalue weighted by Gasteiger charge is -2.07. The second-order valence-electron chi connectivity index (χ2n) is 5.63. The minimum atomic E-state index is -4.30. The monoisotopic (exact) mass is 406 g/mol. The molecule has 0 bridgehead atoms. The van der Waals surface area contributed by atoms with E-state index in [0.29, 0.717) is 16.5 Å². The van der Waals surface area contributed by atoms with Gasteiger partial charge in [0.15, 0.2) is 0 Å². The molecule has 3 aromatic carbocycles.